The fraction of sp³-hybridized carbons (Fsp3) is 0.333. The first-order chi connectivity index (χ1) is 10.7. The van der Waals surface area contributed by atoms with Crippen molar-refractivity contribution in [1.29, 1.82) is 0 Å². The first-order valence-corrected chi connectivity index (χ1v) is 8.08. The van der Waals surface area contributed by atoms with Gasteiger partial charge in [-0.25, -0.2) is 4.98 Å². The molecule has 2 aromatic heterocycles. The van der Waals surface area contributed by atoms with Crippen LogP contribution in [0.3, 0.4) is 0 Å². The Morgan fingerprint density at radius 3 is 2.77 bits per heavy atom. The van der Waals surface area contributed by atoms with Crippen molar-refractivity contribution >= 4 is 11.3 Å². The van der Waals surface area contributed by atoms with Crippen molar-refractivity contribution in [3.05, 3.63) is 52.7 Å². The summed E-state index contributed by atoms with van der Waals surface area (Å²) in [5, 5.41) is 18.6. The van der Waals surface area contributed by atoms with Crippen LogP contribution in [0, 0.1) is 0 Å². The van der Waals surface area contributed by atoms with Crippen LogP contribution in [-0.2, 0) is 12.1 Å². The first-order valence-electron chi connectivity index (χ1n) is 7.20. The summed E-state index contributed by atoms with van der Waals surface area (Å²) in [4.78, 5) is 4.44. The fourth-order valence-corrected chi connectivity index (χ4v) is 3.06. The Kier molecular flexibility index (Phi) is 4.26. The van der Waals surface area contributed by atoms with Crippen LogP contribution >= 0.6 is 11.3 Å². The summed E-state index contributed by atoms with van der Waals surface area (Å²) >= 11 is 1.66. The molecule has 1 N–H and O–H groups in total. The van der Waals surface area contributed by atoms with Gasteiger partial charge in [0.15, 0.2) is 5.82 Å². The molecule has 0 radical (unpaired) electrons. The molecule has 0 aliphatic heterocycles. The quantitative estimate of drug-likeness (QED) is 0.757. The lowest BCUT2D eigenvalue weighted by Crippen LogP contribution is -2.39. The predicted molar refractivity (Wildman–Crippen MR) is 85.8 cm³/mol. The van der Waals surface area contributed by atoms with E-state index in [0.29, 0.717) is 6.54 Å². The molecule has 0 saturated heterocycles. The largest absolute Gasteiger partial charge is 0.298 e. The maximum Gasteiger partial charge on any atom is 0.170 e. The summed E-state index contributed by atoms with van der Waals surface area (Å²) in [6.45, 7) is 4.88. The molecule has 7 heteroatoms. The monoisotopic (exact) mass is 314 g/mol. The molecule has 0 bridgehead atoms. The van der Waals surface area contributed by atoms with Gasteiger partial charge in [0.25, 0.3) is 0 Å². The van der Waals surface area contributed by atoms with Crippen molar-refractivity contribution in [2.45, 2.75) is 32.4 Å². The highest BCUT2D eigenvalue weighted by Gasteiger charge is 2.27. The highest BCUT2D eigenvalue weighted by atomic mass is 32.1. The van der Waals surface area contributed by atoms with E-state index in [9.17, 15) is 0 Å². The third-order valence-electron chi connectivity index (χ3n) is 3.78. The molecular weight excluding hydrogens is 296 g/mol. The number of aromatic nitrogens is 5. The molecule has 1 atom stereocenters. The topological polar surface area (TPSA) is 68.5 Å². The summed E-state index contributed by atoms with van der Waals surface area (Å²) in [6.07, 6.45) is 2.77. The first kappa shape index (κ1) is 14.8. The van der Waals surface area contributed by atoms with Crippen LogP contribution in [0.25, 0.3) is 5.69 Å². The lowest BCUT2D eigenvalue weighted by Gasteiger charge is -2.27. The van der Waals surface area contributed by atoms with E-state index in [1.165, 1.54) is 0 Å². The van der Waals surface area contributed by atoms with Crippen LogP contribution < -0.4 is 5.32 Å². The Hall–Kier alpha value is -2.12. The molecule has 0 aliphatic rings. The van der Waals surface area contributed by atoms with Gasteiger partial charge in [0.2, 0.25) is 0 Å². The van der Waals surface area contributed by atoms with Crippen molar-refractivity contribution in [2.24, 2.45) is 0 Å². The lowest BCUT2D eigenvalue weighted by atomic mass is 10.00. The molecule has 0 unspecified atom stereocenters. The molecular formula is C15H18N6S. The molecule has 0 aliphatic carbocycles. The Morgan fingerprint density at radius 2 is 2.09 bits per heavy atom. The molecule has 0 spiro atoms. The maximum atomic E-state index is 4.44. The van der Waals surface area contributed by atoms with E-state index in [0.717, 1.165) is 22.9 Å². The van der Waals surface area contributed by atoms with Crippen molar-refractivity contribution in [3.8, 4) is 5.69 Å². The molecule has 6 nitrogen and oxygen atoms in total. The van der Waals surface area contributed by atoms with Crippen LogP contribution in [0.2, 0.25) is 0 Å². The van der Waals surface area contributed by atoms with Gasteiger partial charge in [0.05, 0.1) is 17.8 Å². The summed E-state index contributed by atoms with van der Waals surface area (Å²) in [5.41, 5.74) is 0.776. The van der Waals surface area contributed by atoms with E-state index < -0.39 is 0 Å². The van der Waals surface area contributed by atoms with Crippen molar-refractivity contribution in [3.63, 3.8) is 0 Å². The third kappa shape index (κ3) is 2.90. The number of nitrogens with one attached hydrogen (secondary N) is 1. The van der Waals surface area contributed by atoms with E-state index >= 15 is 0 Å². The van der Waals surface area contributed by atoms with E-state index in [-0.39, 0.29) is 5.54 Å². The summed E-state index contributed by atoms with van der Waals surface area (Å²) < 4.78 is 1.75. The van der Waals surface area contributed by atoms with Crippen LogP contribution in [0.4, 0.5) is 0 Å². The molecule has 2 heterocycles. The van der Waals surface area contributed by atoms with Gasteiger partial charge in [-0.15, -0.1) is 16.4 Å². The van der Waals surface area contributed by atoms with Gasteiger partial charge in [-0.2, -0.15) is 4.68 Å². The second-order valence-corrected chi connectivity index (χ2v) is 6.11. The Bertz CT molecular complexity index is 709. The zero-order chi connectivity index (χ0) is 15.4. The smallest absolute Gasteiger partial charge is 0.170 e. The minimum Gasteiger partial charge on any atom is -0.298 e. The Morgan fingerprint density at radius 1 is 1.27 bits per heavy atom. The van der Waals surface area contributed by atoms with Gasteiger partial charge in [0.1, 0.15) is 5.01 Å². The normalized spacial score (nSPS) is 13.9. The second-order valence-electron chi connectivity index (χ2n) is 5.22. The van der Waals surface area contributed by atoms with Gasteiger partial charge < -0.3 is 0 Å². The molecule has 0 fully saturated rings. The standard InChI is InChI=1S/C15H18N6S/c1-3-15(2,14-16-9-10-22-14)17-11-13-18-19-20-21(13)12-7-5-4-6-8-12/h4-10,17H,3,11H2,1-2H3/t15-/m1/s1. The average Bonchev–Trinajstić information content (AvgIpc) is 3.25. The van der Waals surface area contributed by atoms with Crippen LogP contribution in [0.5, 0.6) is 0 Å². The van der Waals surface area contributed by atoms with Crippen LogP contribution in [0.15, 0.2) is 41.9 Å². The molecule has 3 aromatic rings. The second kappa shape index (κ2) is 6.33. The van der Waals surface area contributed by atoms with Crippen molar-refractivity contribution < 1.29 is 0 Å². The van der Waals surface area contributed by atoms with Crippen LogP contribution in [0.1, 0.15) is 31.1 Å². The molecule has 0 amide bonds. The molecule has 1 aromatic carbocycles. The molecule has 0 saturated carbocycles. The summed E-state index contributed by atoms with van der Waals surface area (Å²) in [6, 6.07) is 9.89. The van der Waals surface area contributed by atoms with E-state index in [1.54, 1.807) is 16.0 Å². The van der Waals surface area contributed by atoms with Gasteiger partial charge in [-0.1, -0.05) is 25.1 Å². The SMILES string of the molecule is CC[C@@](C)(NCc1nnnn1-c1ccccc1)c1nccs1. The zero-order valence-electron chi connectivity index (χ0n) is 12.6. The number of nitrogens with zero attached hydrogens (tertiary/aromatic N) is 5. The van der Waals surface area contributed by atoms with Gasteiger partial charge in [0, 0.05) is 11.6 Å². The summed E-state index contributed by atoms with van der Waals surface area (Å²) in [5.74, 6) is 0.780. The highest BCUT2D eigenvalue weighted by Crippen LogP contribution is 2.26. The third-order valence-corrected chi connectivity index (χ3v) is 4.82. The summed E-state index contributed by atoms with van der Waals surface area (Å²) in [7, 11) is 0. The number of para-hydroxylation sites is 1. The van der Waals surface area contributed by atoms with Gasteiger partial charge in [-0.05, 0) is 35.9 Å². The number of rotatable bonds is 6. The Labute approximate surface area is 133 Å². The highest BCUT2D eigenvalue weighted by molar-refractivity contribution is 7.09. The number of tetrazole rings is 1. The number of thiazole rings is 1. The number of benzene rings is 1. The molecule has 114 valence electrons. The zero-order valence-corrected chi connectivity index (χ0v) is 13.4. The average molecular weight is 314 g/mol. The molecule has 22 heavy (non-hydrogen) atoms. The fourth-order valence-electron chi connectivity index (χ4n) is 2.21. The van der Waals surface area contributed by atoms with Crippen molar-refractivity contribution in [1.82, 2.24) is 30.5 Å². The minimum atomic E-state index is -0.179. The van der Waals surface area contributed by atoms with E-state index in [2.05, 4.69) is 39.7 Å². The van der Waals surface area contributed by atoms with Gasteiger partial charge in [-0.3, -0.25) is 5.32 Å². The van der Waals surface area contributed by atoms with E-state index in [4.69, 9.17) is 0 Å². The predicted octanol–water partition coefficient (Wildman–Crippen LogP) is 2.53. The minimum absolute atomic E-state index is 0.179. The van der Waals surface area contributed by atoms with Gasteiger partial charge >= 0.3 is 0 Å². The lowest BCUT2D eigenvalue weighted by molar-refractivity contribution is 0.343. The Balaban J connectivity index is 1.79. The maximum absolute atomic E-state index is 4.44. The van der Waals surface area contributed by atoms with Crippen LogP contribution in [-0.4, -0.2) is 25.2 Å². The number of hydrogen-bond donors (Lipinski definition) is 1. The number of hydrogen-bond acceptors (Lipinski definition) is 6. The molecule has 3 rings (SSSR count). The van der Waals surface area contributed by atoms with E-state index in [1.807, 2.05) is 41.9 Å². The van der Waals surface area contributed by atoms with Crippen molar-refractivity contribution in [2.75, 3.05) is 0 Å².